The number of benzene rings is 6. The molecule has 0 N–H and O–H groups in total. The largest absolute Gasteiger partial charge is 0.308 e. The quantitative estimate of drug-likeness (QED) is 0.185. The first-order chi connectivity index (χ1) is 23.1. The molecule has 6 aromatic carbocycles. The molecular weight excluding hydrogens is 576 g/mol. The molecule has 0 saturated heterocycles. The molecule has 0 saturated carbocycles. The predicted octanol–water partition coefficient (Wildman–Crippen LogP) is 11.3. The van der Waals surface area contributed by atoms with Crippen molar-refractivity contribution < 1.29 is 9.59 Å². The summed E-state index contributed by atoms with van der Waals surface area (Å²) in [5, 5.41) is 2.19. The Hall–Kier alpha value is -5.74. The Bertz CT molecular complexity index is 2210. The van der Waals surface area contributed by atoms with Crippen molar-refractivity contribution in [1.82, 2.24) is 4.57 Å². The average Bonchev–Trinajstić information content (AvgIpc) is 3.61. The molecule has 1 aromatic heterocycles. The third-order valence-electron chi connectivity index (χ3n) is 8.42. The maximum absolute atomic E-state index is 14.1. The second kappa shape index (κ2) is 13.3. The monoisotopic (exact) mass is 614 g/mol. The van der Waals surface area contributed by atoms with Gasteiger partial charge < -0.3 is 4.57 Å². The van der Waals surface area contributed by atoms with Crippen LogP contribution in [-0.4, -0.2) is 16.4 Å². The van der Waals surface area contributed by atoms with Gasteiger partial charge in [-0.25, -0.2) is 4.90 Å². The average molecular weight is 615 g/mol. The topological polar surface area (TPSA) is 42.3 Å². The van der Waals surface area contributed by atoms with E-state index in [1.54, 1.807) is 6.07 Å². The van der Waals surface area contributed by atoms with Crippen molar-refractivity contribution in [2.45, 2.75) is 34.6 Å². The van der Waals surface area contributed by atoms with Crippen molar-refractivity contribution in [2.24, 2.45) is 0 Å². The van der Waals surface area contributed by atoms with Crippen LogP contribution in [0.1, 0.15) is 54.0 Å². The Morgan fingerprint density at radius 1 is 0.468 bits per heavy atom. The molecule has 0 spiro atoms. The molecule has 8 rings (SSSR count). The number of amides is 2. The van der Waals surface area contributed by atoms with E-state index in [0.29, 0.717) is 22.5 Å². The van der Waals surface area contributed by atoms with Crippen molar-refractivity contribution in [3.63, 3.8) is 0 Å². The first-order valence-corrected chi connectivity index (χ1v) is 16.4. The number of aromatic nitrogens is 1. The molecule has 0 atom stereocenters. The van der Waals surface area contributed by atoms with Crippen LogP contribution in [-0.2, 0) is 0 Å². The number of fused-ring (bicyclic) bond motifs is 4. The van der Waals surface area contributed by atoms with Gasteiger partial charge in [-0.05, 0) is 71.6 Å². The van der Waals surface area contributed by atoms with Gasteiger partial charge in [-0.1, -0.05) is 130 Å². The van der Waals surface area contributed by atoms with Crippen molar-refractivity contribution in [3.05, 3.63) is 156 Å². The lowest BCUT2D eigenvalue weighted by Gasteiger charge is -2.15. The van der Waals surface area contributed by atoms with E-state index in [4.69, 9.17) is 0 Å². The van der Waals surface area contributed by atoms with E-state index in [9.17, 15) is 9.59 Å². The first-order valence-electron chi connectivity index (χ1n) is 16.4. The van der Waals surface area contributed by atoms with E-state index in [1.807, 2.05) is 107 Å². The zero-order valence-corrected chi connectivity index (χ0v) is 27.5. The SMILES string of the molecule is CC.CC.Cc1ccc(-c2ccc3c(c2)c2ccccc2n3-c2cccc3c2C(=O)N(c2ccc(-c4ccccc4)cc2)C3=O)cc1. The summed E-state index contributed by atoms with van der Waals surface area (Å²) < 4.78 is 2.12. The lowest BCUT2D eigenvalue weighted by atomic mass is 10.0. The maximum atomic E-state index is 14.1. The number of hydrogen-bond donors (Lipinski definition) is 0. The number of aryl methyl sites for hydroxylation is 1. The van der Waals surface area contributed by atoms with E-state index in [1.165, 1.54) is 10.5 Å². The van der Waals surface area contributed by atoms with Gasteiger partial charge >= 0.3 is 0 Å². The van der Waals surface area contributed by atoms with Crippen LogP contribution in [0.3, 0.4) is 0 Å². The van der Waals surface area contributed by atoms with Gasteiger partial charge in [0.25, 0.3) is 11.8 Å². The number of nitrogens with zero attached hydrogens (tertiary/aromatic N) is 2. The number of para-hydroxylation sites is 1. The van der Waals surface area contributed by atoms with Crippen LogP contribution in [0.2, 0.25) is 0 Å². The number of rotatable bonds is 4. The summed E-state index contributed by atoms with van der Waals surface area (Å²) in [6.07, 6.45) is 0. The van der Waals surface area contributed by atoms with E-state index < -0.39 is 0 Å². The van der Waals surface area contributed by atoms with E-state index in [0.717, 1.165) is 44.1 Å². The molecule has 4 nitrogen and oxygen atoms in total. The van der Waals surface area contributed by atoms with Gasteiger partial charge in [0.1, 0.15) is 0 Å². The molecule has 0 unspecified atom stereocenters. The zero-order chi connectivity index (χ0) is 33.1. The van der Waals surface area contributed by atoms with Gasteiger partial charge in [0.05, 0.1) is 33.5 Å². The molecule has 7 aromatic rings. The molecule has 0 bridgehead atoms. The van der Waals surface area contributed by atoms with E-state index in [-0.39, 0.29) is 11.8 Å². The minimum Gasteiger partial charge on any atom is -0.308 e. The molecular formula is C43H38N2O2. The lowest BCUT2D eigenvalue weighted by Crippen LogP contribution is -2.29. The van der Waals surface area contributed by atoms with Crippen LogP contribution >= 0.6 is 0 Å². The molecule has 2 heterocycles. The molecule has 1 aliphatic heterocycles. The van der Waals surface area contributed by atoms with Crippen molar-refractivity contribution in [1.29, 1.82) is 0 Å². The smallest absolute Gasteiger partial charge is 0.268 e. The standard InChI is InChI=1S/C39H26N2O2.2C2H6/c1-25-14-16-28(17-15-25)29-20-23-35-33(24-29)31-10-5-6-12-34(31)41(35)36-13-7-11-32-37(36)39(43)40(38(32)42)30-21-18-27(19-22-30)26-8-3-2-4-9-26;2*1-2/h2-24H,1H3;2*1-2H3. The Labute approximate surface area is 276 Å². The fourth-order valence-electron chi connectivity index (χ4n) is 6.28. The van der Waals surface area contributed by atoms with Crippen LogP contribution in [0.5, 0.6) is 0 Å². The van der Waals surface area contributed by atoms with Crippen LogP contribution in [0, 0.1) is 6.92 Å². The highest BCUT2D eigenvalue weighted by Crippen LogP contribution is 2.39. The minimum absolute atomic E-state index is 0.309. The number of carbonyl (C=O) groups is 2. The summed E-state index contributed by atoms with van der Waals surface area (Å²) in [5.41, 5.74) is 9.67. The predicted molar refractivity (Wildman–Crippen MR) is 197 cm³/mol. The van der Waals surface area contributed by atoms with Gasteiger partial charge in [0.2, 0.25) is 0 Å². The fourth-order valence-corrected chi connectivity index (χ4v) is 6.28. The molecule has 1 aliphatic rings. The summed E-state index contributed by atoms with van der Waals surface area (Å²) in [6, 6.07) is 46.4. The normalized spacial score (nSPS) is 12.0. The summed E-state index contributed by atoms with van der Waals surface area (Å²) in [5.74, 6) is -0.623. The Balaban J connectivity index is 0.000000932. The molecule has 47 heavy (non-hydrogen) atoms. The number of imide groups is 1. The molecule has 2 amide bonds. The number of anilines is 1. The Morgan fingerprint density at radius 3 is 1.77 bits per heavy atom. The summed E-state index contributed by atoms with van der Waals surface area (Å²) in [6.45, 7) is 10.1. The van der Waals surface area contributed by atoms with E-state index in [2.05, 4.69) is 66.1 Å². The Morgan fingerprint density at radius 2 is 1.04 bits per heavy atom. The number of hydrogen-bond acceptors (Lipinski definition) is 2. The van der Waals surface area contributed by atoms with Gasteiger partial charge in [-0.3, -0.25) is 9.59 Å². The maximum Gasteiger partial charge on any atom is 0.268 e. The lowest BCUT2D eigenvalue weighted by molar-refractivity contribution is 0.0926. The van der Waals surface area contributed by atoms with Gasteiger partial charge in [0.15, 0.2) is 0 Å². The molecule has 0 radical (unpaired) electrons. The van der Waals surface area contributed by atoms with E-state index >= 15 is 0 Å². The summed E-state index contributed by atoms with van der Waals surface area (Å²) in [7, 11) is 0. The highest BCUT2D eigenvalue weighted by molar-refractivity contribution is 6.35. The van der Waals surface area contributed by atoms with Crippen LogP contribution in [0.4, 0.5) is 5.69 Å². The molecule has 0 fully saturated rings. The van der Waals surface area contributed by atoms with Gasteiger partial charge in [-0.2, -0.15) is 0 Å². The molecule has 4 heteroatoms. The highest BCUT2D eigenvalue weighted by Gasteiger charge is 2.39. The fraction of sp³-hybridized carbons (Fsp3) is 0.116. The second-order valence-electron chi connectivity index (χ2n) is 11.0. The van der Waals surface area contributed by atoms with Crippen LogP contribution in [0.25, 0.3) is 49.7 Å². The summed E-state index contributed by atoms with van der Waals surface area (Å²) >= 11 is 0. The Kier molecular flexibility index (Phi) is 8.86. The molecule has 232 valence electrons. The van der Waals surface area contributed by atoms with Crippen molar-refractivity contribution >= 4 is 39.3 Å². The van der Waals surface area contributed by atoms with Gasteiger partial charge in [0, 0.05) is 10.8 Å². The zero-order valence-electron chi connectivity index (χ0n) is 27.5. The van der Waals surface area contributed by atoms with Crippen molar-refractivity contribution in [2.75, 3.05) is 4.90 Å². The second-order valence-corrected chi connectivity index (χ2v) is 11.0. The number of carbonyl (C=O) groups excluding carboxylic acids is 2. The van der Waals surface area contributed by atoms with Crippen LogP contribution < -0.4 is 4.90 Å². The molecule has 0 aliphatic carbocycles. The first kappa shape index (κ1) is 31.3. The third kappa shape index (κ3) is 5.42. The van der Waals surface area contributed by atoms with Crippen LogP contribution in [0.15, 0.2) is 140 Å². The minimum atomic E-state index is -0.315. The highest BCUT2D eigenvalue weighted by atomic mass is 16.2. The van der Waals surface area contributed by atoms with Gasteiger partial charge in [-0.15, -0.1) is 0 Å². The third-order valence-corrected chi connectivity index (χ3v) is 8.42. The summed E-state index contributed by atoms with van der Waals surface area (Å²) in [4.78, 5) is 29.1. The van der Waals surface area contributed by atoms with Crippen molar-refractivity contribution in [3.8, 4) is 27.9 Å².